The molecule has 0 aromatic heterocycles. The van der Waals surface area contributed by atoms with E-state index in [1.165, 1.54) is 31.5 Å². The van der Waals surface area contributed by atoms with E-state index in [-0.39, 0.29) is 0 Å². The van der Waals surface area contributed by atoms with Crippen molar-refractivity contribution in [1.82, 2.24) is 9.80 Å². The Morgan fingerprint density at radius 1 is 1.24 bits per heavy atom. The molecule has 1 aromatic carbocycles. The van der Waals surface area contributed by atoms with Crippen molar-refractivity contribution < 1.29 is 4.74 Å². The van der Waals surface area contributed by atoms with Gasteiger partial charge in [-0.3, -0.25) is 9.80 Å². The summed E-state index contributed by atoms with van der Waals surface area (Å²) in [5.74, 6) is 0.942. The molecule has 116 valence electrons. The molecular formula is C17H27N3O. The van der Waals surface area contributed by atoms with Crippen molar-refractivity contribution in [3.63, 3.8) is 0 Å². The summed E-state index contributed by atoms with van der Waals surface area (Å²) in [5, 5.41) is 0. The van der Waals surface area contributed by atoms with E-state index < -0.39 is 0 Å². The van der Waals surface area contributed by atoms with Gasteiger partial charge in [-0.15, -0.1) is 0 Å². The molecule has 2 aliphatic rings. The fourth-order valence-electron chi connectivity index (χ4n) is 3.75. The molecule has 0 saturated carbocycles. The molecule has 0 aliphatic carbocycles. The molecule has 21 heavy (non-hydrogen) atoms. The van der Waals surface area contributed by atoms with E-state index in [4.69, 9.17) is 10.5 Å². The number of ether oxygens (including phenoxy) is 1. The van der Waals surface area contributed by atoms with Gasteiger partial charge in [0, 0.05) is 38.3 Å². The fraction of sp³-hybridized carbons (Fsp3) is 0.647. The first-order valence-corrected chi connectivity index (χ1v) is 8.22. The molecular weight excluding hydrogens is 262 g/mol. The van der Waals surface area contributed by atoms with E-state index in [0.717, 1.165) is 24.9 Å². The first kappa shape index (κ1) is 14.8. The van der Waals surface area contributed by atoms with Crippen LogP contribution in [-0.4, -0.2) is 55.2 Å². The van der Waals surface area contributed by atoms with E-state index >= 15 is 0 Å². The minimum absolute atomic E-state index is 0.337. The van der Waals surface area contributed by atoms with Crippen molar-refractivity contribution in [1.29, 1.82) is 0 Å². The lowest BCUT2D eigenvalue weighted by Gasteiger charge is -2.41. The molecule has 2 aliphatic heterocycles. The molecule has 0 spiro atoms. The van der Waals surface area contributed by atoms with E-state index in [1.807, 2.05) is 6.92 Å². The van der Waals surface area contributed by atoms with Crippen molar-refractivity contribution >= 4 is 0 Å². The van der Waals surface area contributed by atoms with Gasteiger partial charge in [0.1, 0.15) is 5.75 Å². The summed E-state index contributed by atoms with van der Waals surface area (Å²) in [6.07, 6.45) is 2.70. The van der Waals surface area contributed by atoms with Crippen LogP contribution >= 0.6 is 0 Å². The molecule has 4 heteroatoms. The van der Waals surface area contributed by atoms with Gasteiger partial charge in [0.2, 0.25) is 0 Å². The molecule has 2 unspecified atom stereocenters. The largest absolute Gasteiger partial charge is 0.494 e. The second-order valence-electron chi connectivity index (χ2n) is 6.08. The van der Waals surface area contributed by atoms with Crippen LogP contribution in [0.4, 0.5) is 0 Å². The molecule has 2 saturated heterocycles. The number of hydrogen-bond donors (Lipinski definition) is 1. The third-order valence-electron chi connectivity index (χ3n) is 4.86. The Morgan fingerprint density at radius 2 is 2.05 bits per heavy atom. The highest BCUT2D eigenvalue weighted by Gasteiger charge is 2.33. The highest BCUT2D eigenvalue weighted by molar-refractivity contribution is 5.29. The lowest BCUT2D eigenvalue weighted by Crippen LogP contribution is -2.52. The summed E-state index contributed by atoms with van der Waals surface area (Å²) in [4.78, 5) is 5.21. The number of hydrogen-bond acceptors (Lipinski definition) is 4. The number of nitrogens with two attached hydrogens (primary N) is 1. The molecule has 2 heterocycles. The average Bonchev–Trinajstić information content (AvgIpc) is 2.98. The topological polar surface area (TPSA) is 41.7 Å². The van der Waals surface area contributed by atoms with Gasteiger partial charge in [-0.1, -0.05) is 12.1 Å². The highest BCUT2D eigenvalue weighted by Crippen LogP contribution is 2.28. The van der Waals surface area contributed by atoms with Gasteiger partial charge in [0.25, 0.3) is 0 Å². The van der Waals surface area contributed by atoms with Crippen molar-refractivity contribution in [3.8, 4) is 5.75 Å². The first-order valence-electron chi connectivity index (χ1n) is 8.22. The first-order chi connectivity index (χ1) is 10.3. The predicted molar refractivity (Wildman–Crippen MR) is 85.6 cm³/mol. The summed E-state index contributed by atoms with van der Waals surface area (Å²) in [6.45, 7) is 8.18. The molecule has 0 amide bonds. The lowest BCUT2D eigenvalue weighted by molar-refractivity contribution is 0.0737. The standard InChI is InChI=1S/C17H27N3O/c1-2-21-16-7-5-14(6-8-16)17(12-18)20-11-10-19-9-3-4-15(19)13-20/h5-8,15,17H,2-4,9-13,18H2,1H3. The smallest absolute Gasteiger partial charge is 0.119 e. The fourth-order valence-corrected chi connectivity index (χ4v) is 3.75. The monoisotopic (exact) mass is 289 g/mol. The molecule has 2 fully saturated rings. The number of fused-ring (bicyclic) bond motifs is 1. The van der Waals surface area contributed by atoms with Crippen LogP contribution < -0.4 is 10.5 Å². The molecule has 0 radical (unpaired) electrons. The second-order valence-corrected chi connectivity index (χ2v) is 6.08. The van der Waals surface area contributed by atoms with Gasteiger partial charge in [0.15, 0.2) is 0 Å². The van der Waals surface area contributed by atoms with Gasteiger partial charge in [-0.05, 0) is 44.0 Å². The van der Waals surface area contributed by atoms with Crippen LogP contribution in [0.1, 0.15) is 31.4 Å². The third-order valence-corrected chi connectivity index (χ3v) is 4.86. The Hall–Kier alpha value is -1.10. The van der Waals surface area contributed by atoms with Crippen molar-refractivity contribution in [2.75, 3.05) is 39.3 Å². The zero-order valence-electron chi connectivity index (χ0n) is 13.0. The quantitative estimate of drug-likeness (QED) is 0.898. The summed E-state index contributed by atoms with van der Waals surface area (Å²) < 4.78 is 5.52. The van der Waals surface area contributed by atoms with Gasteiger partial charge in [0.05, 0.1) is 6.61 Å². The molecule has 0 bridgehead atoms. The number of nitrogens with zero attached hydrogens (tertiary/aromatic N) is 2. The zero-order chi connectivity index (χ0) is 14.7. The van der Waals surface area contributed by atoms with E-state index in [2.05, 4.69) is 34.1 Å². The summed E-state index contributed by atoms with van der Waals surface area (Å²) >= 11 is 0. The van der Waals surface area contributed by atoms with E-state index in [0.29, 0.717) is 19.2 Å². The minimum Gasteiger partial charge on any atom is -0.494 e. The molecule has 1 aromatic rings. The molecule has 2 N–H and O–H groups in total. The lowest BCUT2D eigenvalue weighted by atomic mass is 10.0. The van der Waals surface area contributed by atoms with Crippen LogP contribution in [0.2, 0.25) is 0 Å². The van der Waals surface area contributed by atoms with Crippen molar-refractivity contribution in [2.24, 2.45) is 5.73 Å². The third kappa shape index (κ3) is 3.23. The maximum absolute atomic E-state index is 6.08. The number of piperazine rings is 1. The Morgan fingerprint density at radius 3 is 2.76 bits per heavy atom. The van der Waals surface area contributed by atoms with Crippen molar-refractivity contribution in [3.05, 3.63) is 29.8 Å². The Balaban J connectivity index is 1.69. The summed E-state index contributed by atoms with van der Waals surface area (Å²) in [5.41, 5.74) is 7.40. The van der Waals surface area contributed by atoms with Crippen LogP contribution in [-0.2, 0) is 0 Å². The van der Waals surface area contributed by atoms with Gasteiger partial charge < -0.3 is 10.5 Å². The van der Waals surface area contributed by atoms with E-state index in [9.17, 15) is 0 Å². The SMILES string of the molecule is CCOc1ccc(C(CN)N2CCN3CCCC3C2)cc1. The Labute approximate surface area is 127 Å². The Kier molecular flexibility index (Phi) is 4.78. The number of rotatable bonds is 5. The normalized spacial score (nSPS) is 24.8. The second kappa shape index (κ2) is 6.77. The highest BCUT2D eigenvalue weighted by atomic mass is 16.5. The van der Waals surface area contributed by atoms with Crippen LogP contribution in [0, 0.1) is 0 Å². The zero-order valence-corrected chi connectivity index (χ0v) is 13.0. The maximum atomic E-state index is 6.08. The summed E-state index contributed by atoms with van der Waals surface area (Å²) in [7, 11) is 0. The van der Waals surface area contributed by atoms with Crippen molar-refractivity contribution in [2.45, 2.75) is 31.8 Å². The predicted octanol–water partition coefficient (Wildman–Crippen LogP) is 1.87. The van der Waals surface area contributed by atoms with Crippen LogP contribution in [0.3, 0.4) is 0 Å². The summed E-state index contributed by atoms with van der Waals surface area (Å²) in [6, 6.07) is 9.55. The van der Waals surface area contributed by atoms with E-state index in [1.54, 1.807) is 0 Å². The van der Waals surface area contributed by atoms with Crippen LogP contribution in [0.5, 0.6) is 5.75 Å². The van der Waals surface area contributed by atoms with Gasteiger partial charge in [-0.25, -0.2) is 0 Å². The van der Waals surface area contributed by atoms with Gasteiger partial charge in [-0.2, -0.15) is 0 Å². The van der Waals surface area contributed by atoms with Gasteiger partial charge >= 0.3 is 0 Å². The molecule has 3 rings (SSSR count). The van der Waals surface area contributed by atoms with Crippen LogP contribution in [0.15, 0.2) is 24.3 Å². The minimum atomic E-state index is 0.337. The molecule has 4 nitrogen and oxygen atoms in total. The molecule has 2 atom stereocenters. The van der Waals surface area contributed by atoms with Crippen LogP contribution in [0.25, 0.3) is 0 Å². The number of benzene rings is 1. The average molecular weight is 289 g/mol. The Bertz CT molecular complexity index is 448. The maximum Gasteiger partial charge on any atom is 0.119 e.